The molecule has 4 heteroatoms. The van der Waals surface area contributed by atoms with Crippen molar-refractivity contribution in [3.63, 3.8) is 0 Å². The van der Waals surface area contributed by atoms with E-state index < -0.39 is 17.4 Å². The molecule has 0 heterocycles. The number of hydrogen-bond donors (Lipinski definition) is 0. The Morgan fingerprint density at radius 2 is 0.375 bits per heavy atom. The van der Waals surface area contributed by atoms with Crippen molar-refractivity contribution in [2.75, 3.05) is 0 Å². The summed E-state index contributed by atoms with van der Waals surface area (Å²) in [7, 11) is 6.55. The van der Waals surface area contributed by atoms with E-state index in [0.717, 1.165) is 0 Å². The molecule has 0 saturated heterocycles. The standard InChI is InChI=1S/3C20H18S.Bi/c3*1-14-6-10-16(11-7-14)18-4-3-5-19(20(18)21)17-12-8-15(2)9-13-17;/h3*3-13,21H,1-2H3;/q;;;+3/p-3. The summed E-state index contributed by atoms with van der Waals surface area (Å²) < 4.78 is 0. The molecule has 9 aromatic rings. The normalized spacial score (nSPS) is 11.3. The Bertz CT molecular complexity index is 2500. The predicted molar refractivity (Wildman–Crippen MR) is 284 cm³/mol. The van der Waals surface area contributed by atoms with Crippen molar-refractivity contribution in [3.8, 4) is 66.8 Å². The maximum atomic E-state index is 2.35. The minimum atomic E-state index is -3.11. The van der Waals surface area contributed by atoms with Crippen molar-refractivity contribution in [3.05, 3.63) is 234 Å². The molecule has 0 amide bonds. The van der Waals surface area contributed by atoms with E-state index in [4.69, 9.17) is 0 Å². The molecular formula is C60H51BiS3. The van der Waals surface area contributed by atoms with Gasteiger partial charge in [-0.25, -0.2) is 0 Å². The Morgan fingerprint density at radius 3 is 0.531 bits per heavy atom. The summed E-state index contributed by atoms with van der Waals surface area (Å²) in [5.74, 6) is 0. The fraction of sp³-hybridized carbons (Fsp3) is 0.100. The molecule has 0 saturated carbocycles. The van der Waals surface area contributed by atoms with E-state index >= 15 is 0 Å². The number of hydrogen-bond acceptors (Lipinski definition) is 3. The van der Waals surface area contributed by atoms with Crippen LogP contribution >= 0.6 is 25.6 Å². The van der Waals surface area contributed by atoms with Crippen LogP contribution in [0.15, 0.2) is 215 Å². The topological polar surface area (TPSA) is 0 Å². The van der Waals surface area contributed by atoms with Crippen LogP contribution in [0.5, 0.6) is 0 Å². The molecule has 0 aliphatic carbocycles. The van der Waals surface area contributed by atoms with Gasteiger partial charge in [0, 0.05) is 0 Å². The summed E-state index contributed by atoms with van der Waals surface area (Å²) in [6.07, 6.45) is 0. The van der Waals surface area contributed by atoms with E-state index in [2.05, 4.69) is 267 Å². The Kier molecular flexibility index (Phi) is 13.8. The van der Waals surface area contributed by atoms with Crippen molar-refractivity contribution in [2.24, 2.45) is 0 Å². The number of benzene rings is 9. The molecule has 314 valence electrons. The van der Waals surface area contributed by atoms with Gasteiger partial charge in [-0.3, -0.25) is 0 Å². The van der Waals surface area contributed by atoms with Crippen molar-refractivity contribution in [1.82, 2.24) is 0 Å². The van der Waals surface area contributed by atoms with Crippen molar-refractivity contribution in [2.45, 2.75) is 56.2 Å². The van der Waals surface area contributed by atoms with Crippen LogP contribution in [-0.4, -0.2) is 17.4 Å². The van der Waals surface area contributed by atoms with Gasteiger partial charge < -0.3 is 0 Å². The zero-order valence-corrected chi connectivity index (χ0v) is 43.2. The molecule has 0 aliphatic heterocycles. The second-order valence-corrected chi connectivity index (χ2v) is 42.3. The summed E-state index contributed by atoms with van der Waals surface area (Å²) in [5.41, 5.74) is 22.9. The van der Waals surface area contributed by atoms with Gasteiger partial charge in [-0.1, -0.05) is 0 Å². The number of rotatable bonds is 12. The van der Waals surface area contributed by atoms with Gasteiger partial charge >= 0.3 is 399 Å². The molecule has 0 unspecified atom stereocenters. The summed E-state index contributed by atoms with van der Waals surface area (Å²) in [4.78, 5) is 4.09. The zero-order chi connectivity index (χ0) is 44.2. The molecule has 0 aromatic heterocycles. The van der Waals surface area contributed by atoms with Gasteiger partial charge in [-0.15, -0.1) is 0 Å². The fourth-order valence-corrected chi connectivity index (χ4v) is 38.3. The molecule has 0 spiro atoms. The van der Waals surface area contributed by atoms with E-state index in [-0.39, 0.29) is 0 Å². The van der Waals surface area contributed by atoms with Crippen LogP contribution in [-0.2, 0) is 0 Å². The summed E-state index contributed by atoms with van der Waals surface area (Å²) in [5, 5.41) is 0. The molecular weight excluding hydrogens is 1030 g/mol. The molecule has 0 radical (unpaired) electrons. The van der Waals surface area contributed by atoms with E-state index in [0.29, 0.717) is 0 Å². The van der Waals surface area contributed by atoms with E-state index in [9.17, 15) is 0 Å². The molecule has 9 aromatic carbocycles. The molecule has 0 aliphatic rings. The quantitative estimate of drug-likeness (QED) is 0.112. The van der Waals surface area contributed by atoms with Crippen molar-refractivity contribution < 1.29 is 0 Å². The van der Waals surface area contributed by atoms with Crippen LogP contribution in [0.3, 0.4) is 0 Å². The van der Waals surface area contributed by atoms with Crippen LogP contribution < -0.4 is 0 Å². The predicted octanol–water partition coefficient (Wildman–Crippen LogP) is 18.2. The Labute approximate surface area is 396 Å². The molecule has 0 fully saturated rings. The van der Waals surface area contributed by atoms with E-state index in [1.165, 1.54) is 115 Å². The van der Waals surface area contributed by atoms with Crippen LogP contribution in [0, 0.1) is 41.5 Å². The van der Waals surface area contributed by atoms with Crippen LogP contribution in [0.25, 0.3) is 66.8 Å². The second kappa shape index (κ2) is 20.0. The third-order valence-corrected chi connectivity index (χ3v) is 37.4. The molecule has 0 nitrogen and oxygen atoms in total. The summed E-state index contributed by atoms with van der Waals surface area (Å²) in [6.45, 7) is 13.1. The first-order valence-corrected chi connectivity index (χ1v) is 36.9. The van der Waals surface area contributed by atoms with Gasteiger partial charge in [0.05, 0.1) is 0 Å². The summed E-state index contributed by atoms with van der Waals surface area (Å²) >= 11 is -3.11. The average molecular weight is 1080 g/mol. The van der Waals surface area contributed by atoms with E-state index in [1.54, 1.807) is 0 Å². The average Bonchev–Trinajstić information content (AvgIpc) is 3.31. The monoisotopic (exact) mass is 1080 g/mol. The summed E-state index contributed by atoms with van der Waals surface area (Å²) in [6, 6.07) is 75.6. The van der Waals surface area contributed by atoms with Gasteiger partial charge in [0.1, 0.15) is 0 Å². The van der Waals surface area contributed by atoms with Gasteiger partial charge in [0.15, 0.2) is 0 Å². The van der Waals surface area contributed by atoms with Crippen molar-refractivity contribution >= 4 is 42.9 Å². The molecule has 9 rings (SSSR count). The van der Waals surface area contributed by atoms with Gasteiger partial charge in [0.2, 0.25) is 0 Å². The molecule has 64 heavy (non-hydrogen) atoms. The van der Waals surface area contributed by atoms with Gasteiger partial charge in [-0.2, -0.15) is 0 Å². The first kappa shape index (κ1) is 44.1. The fourth-order valence-electron chi connectivity index (χ4n) is 7.95. The minimum absolute atomic E-state index is 1.25. The van der Waals surface area contributed by atoms with Gasteiger partial charge in [0.25, 0.3) is 0 Å². The van der Waals surface area contributed by atoms with Crippen molar-refractivity contribution in [1.29, 1.82) is 0 Å². The van der Waals surface area contributed by atoms with Crippen LogP contribution in [0.2, 0.25) is 0 Å². The van der Waals surface area contributed by atoms with Gasteiger partial charge in [-0.05, 0) is 0 Å². The third kappa shape index (κ3) is 10.1. The zero-order valence-electron chi connectivity index (χ0n) is 37.2. The first-order valence-electron chi connectivity index (χ1n) is 21.8. The molecule has 0 N–H and O–H groups in total. The van der Waals surface area contributed by atoms with Crippen LogP contribution in [0.1, 0.15) is 33.4 Å². The third-order valence-electron chi connectivity index (χ3n) is 11.7. The Balaban J connectivity index is 1.30. The Hall–Kier alpha value is -5.09. The van der Waals surface area contributed by atoms with E-state index in [1.807, 2.05) is 0 Å². The molecule has 0 atom stereocenters. The van der Waals surface area contributed by atoms with Crippen LogP contribution in [0.4, 0.5) is 0 Å². The SMILES string of the molecule is Cc1ccc(-c2cccc(-c3ccc(C)cc3)c2[S][Bi]([S]c2c(-c3ccc(C)cc3)cccc2-c2ccc(C)cc2)[S]c2c(-c3ccc(C)cc3)cccc2-c2ccc(C)cc2)cc1. The first-order chi connectivity index (χ1) is 31.2. The Morgan fingerprint density at radius 1 is 0.219 bits per heavy atom. The molecule has 0 bridgehead atoms. The second-order valence-electron chi connectivity index (χ2n) is 16.7. The maximum absolute atomic E-state index is 3.11. The number of aryl methyl sites for hydroxylation is 6.